The highest BCUT2D eigenvalue weighted by Crippen LogP contribution is 2.26. The molecule has 1 atom stereocenters. The Morgan fingerprint density at radius 1 is 1.32 bits per heavy atom. The maximum atomic E-state index is 12.2. The maximum absolute atomic E-state index is 12.2. The van der Waals surface area contributed by atoms with Crippen LogP contribution in [0.5, 0.6) is 5.75 Å². The Morgan fingerprint density at radius 3 is 2.60 bits per heavy atom. The van der Waals surface area contributed by atoms with Crippen LogP contribution < -0.4 is 10.1 Å². The van der Waals surface area contributed by atoms with E-state index >= 15 is 0 Å². The Labute approximate surface area is 152 Å². The van der Waals surface area contributed by atoms with E-state index in [0.717, 1.165) is 22.6 Å². The normalized spacial score (nSPS) is 12.0. The van der Waals surface area contributed by atoms with E-state index in [9.17, 15) is 4.79 Å². The van der Waals surface area contributed by atoms with E-state index < -0.39 is 0 Å². The highest BCUT2D eigenvalue weighted by atomic mass is 35.5. The number of methoxy groups -OCH3 is 1. The molecule has 1 amide bonds. The fourth-order valence-electron chi connectivity index (χ4n) is 2.35. The summed E-state index contributed by atoms with van der Waals surface area (Å²) >= 11 is 6.14. The van der Waals surface area contributed by atoms with Crippen molar-refractivity contribution in [2.45, 2.75) is 39.8 Å². The summed E-state index contributed by atoms with van der Waals surface area (Å²) in [5.74, 6) is 0.861. The Bertz CT molecular complexity index is 707. The van der Waals surface area contributed by atoms with Crippen molar-refractivity contribution in [3.63, 3.8) is 0 Å². The van der Waals surface area contributed by atoms with Crippen molar-refractivity contribution in [3.05, 3.63) is 45.8 Å². The lowest BCUT2D eigenvalue weighted by Crippen LogP contribution is -2.37. The quantitative estimate of drug-likeness (QED) is 0.771. The highest BCUT2D eigenvalue weighted by molar-refractivity contribution is 6.32. The van der Waals surface area contributed by atoms with Crippen LogP contribution in [0.3, 0.4) is 0 Å². The van der Waals surface area contributed by atoms with Gasteiger partial charge in [0, 0.05) is 18.2 Å². The number of ether oxygens (including phenoxy) is 2. The van der Waals surface area contributed by atoms with Gasteiger partial charge in [-0.1, -0.05) is 23.7 Å². The largest absolute Gasteiger partial charge is 0.486 e. The zero-order valence-electron chi connectivity index (χ0n) is 14.9. The lowest BCUT2D eigenvalue weighted by atomic mass is 10.1. The van der Waals surface area contributed by atoms with Crippen LogP contribution >= 0.6 is 11.6 Å². The average molecular weight is 367 g/mol. The minimum Gasteiger partial charge on any atom is -0.486 e. The number of benzene rings is 1. The van der Waals surface area contributed by atoms with Crippen molar-refractivity contribution in [2.75, 3.05) is 13.7 Å². The SMILES string of the molecule is CC[C@@H](COC)NC(=O)c1cc(COc2cc(C)c(Cl)c(C)c2)on1. The number of aromatic nitrogens is 1. The molecule has 0 aliphatic heterocycles. The van der Waals surface area contributed by atoms with Gasteiger partial charge in [0.25, 0.3) is 5.91 Å². The molecule has 0 saturated heterocycles. The van der Waals surface area contributed by atoms with Crippen molar-refractivity contribution < 1.29 is 18.8 Å². The molecule has 1 heterocycles. The molecule has 6 nitrogen and oxygen atoms in total. The summed E-state index contributed by atoms with van der Waals surface area (Å²) in [4.78, 5) is 12.2. The standard InChI is InChI=1S/C18H23ClN2O4/c1-5-13(9-23-4)20-18(22)16-8-15(25-21-16)10-24-14-6-11(2)17(19)12(3)7-14/h6-8,13H,5,9-10H2,1-4H3,(H,20,22)/t13-/m0/s1. The first-order chi connectivity index (χ1) is 11.9. The van der Waals surface area contributed by atoms with Crippen LogP contribution in [0, 0.1) is 13.8 Å². The summed E-state index contributed by atoms with van der Waals surface area (Å²) in [6.07, 6.45) is 0.767. The van der Waals surface area contributed by atoms with E-state index in [1.165, 1.54) is 0 Å². The maximum Gasteiger partial charge on any atom is 0.273 e. The lowest BCUT2D eigenvalue weighted by molar-refractivity contribution is 0.0885. The molecule has 0 fully saturated rings. The summed E-state index contributed by atoms with van der Waals surface area (Å²) in [6, 6.07) is 5.23. The molecule has 7 heteroatoms. The number of aryl methyl sites for hydroxylation is 2. The van der Waals surface area contributed by atoms with Gasteiger partial charge in [-0.2, -0.15) is 0 Å². The van der Waals surface area contributed by atoms with Gasteiger partial charge < -0.3 is 19.3 Å². The number of nitrogens with one attached hydrogen (secondary N) is 1. The predicted octanol–water partition coefficient (Wildman–Crippen LogP) is 3.68. The second-order valence-electron chi connectivity index (χ2n) is 5.87. The van der Waals surface area contributed by atoms with E-state index in [4.69, 9.17) is 25.6 Å². The Hall–Kier alpha value is -2.05. The number of amides is 1. The van der Waals surface area contributed by atoms with Crippen LogP contribution in [0.15, 0.2) is 22.7 Å². The molecule has 0 unspecified atom stereocenters. The van der Waals surface area contributed by atoms with Crippen molar-refractivity contribution >= 4 is 17.5 Å². The molecule has 136 valence electrons. The predicted molar refractivity (Wildman–Crippen MR) is 95.2 cm³/mol. The van der Waals surface area contributed by atoms with Crippen LogP contribution in [0.2, 0.25) is 5.02 Å². The van der Waals surface area contributed by atoms with Gasteiger partial charge in [0.1, 0.15) is 12.4 Å². The third-order valence-corrected chi connectivity index (χ3v) is 4.37. The number of carbonyl (C=O) groups excluding carboxylic acids is 1. The first-order valence-corrected chi connectivity index (χ1v) is 8.47. The number of halogens is 1. The van der Waals surface area contributed by atoms with Crippen molar-refractivity contribution in [1.82, 2.24) is 10.5 Å². The summed E-state index contributed by atoms with van der Waals surface area (Å²) in [6.45, 7) is 6.44. The third-order valence-electron chi connectivity index (χ3n) is 3.78. The molecular weight excluding hydrogens is 344 g/mol. The Morgan fingerprint density at radius 2 is 2.00 bits per heavy atom. The van der Waals surface area contributed by atoms with Gasteiger partial charge in [0.15, 0.2) is 11.5 Å². The second kappa shape index (κ2) is 8.87. The van der Waals surface area contributed by atoms with Gasteiger partial charge in [-0.25, -0.2) is 0 Å². The second-order valence-corrected chi connectivity index (χ2v) is 6.25. The Balaban J connectivity index is 1.96. The van der Waals surface area contributed by atoms with Gasteiger partial charge >= 0.3 is 0 Å². The molecular formula is C18H23ClN2O4. The third kappa shape index (κ3) is 5.21. The van der Waals surface area contributed by atoms with Crippen molar-refractivity contribution in [3.8, 4) is 5.75 Å². The van der Waals surface area contributed by atoms with E-state index in [1.54, 1.807) is 13.2 Å². The zero-order chi connectivity index (χ0) is 18.4. The van der Waals surface area contributed by atoms with Crippen LogP contribution in [0.25, 0.3) is 0 Å². The summed E-state index contributed by atoms with van der Waals surface area (Å²) in [5, 5.41) is 7.38. The topological polar surface area (TPSA) is 73.6 Å². The molecule has 0 bridgehead atoms. The van der Waals surface area contributed by atoms with Crippen molar-refractivity contribution in [2.24, 2.45) is 0 Å². The van der Waals surface area contributed by atoms with E-state index in [2.05, 4.69) is 10.5 Å². The molecule has 25 heavy (non-hydrogen) atoms. The summed E-state index contributed by atoms with van der Waals surface area (Å²) < 4.78 is 15.9. The molecule has 0 saturated carbocycles. The van der Waals surface area contributed by atoms with Crippen LogP contribution in [0.1, 0.15) is 40.7 Å². The Kier molecular flexibility index (Phi) is 6.84. The van der Waals surface area contributed by atoms with Gasteiger partial charge in [0.2, 0.25) is 0 Å². The van der Waals surface area contributed by atoms with E-state index in [-0.39, 0.29) is 24.2 Å². The highest BCUT2D eigenvalue weighted by Gasteiger charge is 2.16. The number of hydrogen-bond donors (Lipinski definition) is 1. The number of hydrogen-bond acceptors (Lipinski definition) is 5. The monoisotopic (exact) mass is 366 g/mol. The molecule has 1 aromatic carbocycles. The van der Waals surface area contributed by atoms with Crippen LogP contribution in [-0.4, -0.2) is 30.8 Å². The van der Waals surface area contributed by atoms with Gasteiger partial charge in [-0.05, 0) is 43.5 Å². The van der Waals surface area contributed by atoms with E-state index in [1.807, 2.05) is 32.9 Å². The van der Waals surface area contributed by atoms with E-state index in [0.29, 0.717) is 18.1 Å². The molecule has 1 N–H and O–H groups in total. The molecule has 0 aliphatic rings. The first kappa shape index (κ1) is 19.3. The molecule has 0 aliphatic carbocycles. The lowest BCUT2D eigenvalue weighted by Gasteiger charge is -2.14. The van der Waals surface area contributed by atoms with Crippen LogP contribution in [0.4, 0.5) is 0 Å². The van der Waals surface area contributed by atoms with Gasteiger partial charge in [0.05, 0.1) is 12.6 Å². The van der Waals surface area contributed by atoms with Gasteiger partial charge in [-0.15, -0.1) is 0 Å². The number of nitrogens with zero attached hydrogens (tertiary/aromatic N) is 1. The fraction of sp³-hybridized carbons (Fsp3) is 0.444. The molecule has 2 rings (SSSR count). The molecule has 0 spiro atoms. The van der Waals surface area contributed by atoms with Crippen molar-refractivity contribution in [1.29, 1.82) is 0 Å². The minimum absolute atomic E-state index is 0.0612. The molecule has 1 aromatic heterocycles. The van der Waals surface area contributed by atoms with Crippen LogP contribution in [-0.2, 0) is 11.3 Å². The van der Waals surface area contributed by atoms with Gasteiger partial charge in [-0.3, -0.25) is 4.79 Å². The summed E-state index contributed by atoms with van der Waals surface area (Å²) in [7, 11) is 1.60. The minimum atomic E-state index is -0.294. The zero-order valence-corrected chi connectivity index (χ0v) is 15.6. The first-order valence-electron chi connectivity index (χ1n) is 8.09. The fourth-order valence-corrected chi connectivity index (χ4v) is 2.46. The average Bonchev–Trinajstić information content (AvgIpc) is 3.06. The number of carbonyl (C=O) groups is 1. The summed E-state index contributed by atoms with van der Waals surface area (Å²) in [5.41, 5.74) is 2.10. The molecule has 2 aromatic rings. The number of rotatable bonds is 8. The molecule has 0 radical (unpaired) electrons. The smallest absolute Gasteiger partial charge is 0.273 e.